The summed E-state index contributed by atoms with van der Waals surface area (Å²) in [6.45, 7) is 5.97. The Labute approximate surface area is 124 Å². The molecule has 0 amide bonds. The molecule has 0 radical (unpaired) electrons. The molecule has 0 saturated carbocycles. The second-order valence-electron chi connectivity index (χ2n) is 5.51. The van der Waals surface area contributed by atoms with Gasteiger partial charge in [0.15, 0.2) is 0 Å². The van der Waals surface area contributed by atoms with Gasteiger partial charge < -0.3 is 4.74 Å². The van der Waals surface area contributed by atoms with Crippen molar-refractivity contribution < 1.29 is 4.74 Å². The van der Waals surface area contributed by atoms with E-state index in [1.807, 2.05) is 29.3 Å². The summed E-state index contributed by atoms with van der Waals surface area (Å²) in [4.78, 5) is 5.32. The standard InChI is InChI=1S/C15H21N3OS/c1-11-4-5-14(20-11)9-18-7-12-6-16-17(2)15(12)13(8-18)10-19-3/h4-6,13H,7-10H2,1-3H3/t13-/m0/s1. The monoisotopic (exact) mass is 291 g/mol. The second-order valence-corrected chi connectivity index (χ2v) is 6.89. The Kier molecular flexibility index (Phi) is 3.92. The average Bonchev–Trinajstić information content (AvgIpc) is 2.97. The molecule has 3 heterocycles. The van der Waals surface area contributed by atoms with Crippen LogP contribution in [0.4, 0.5) is 0 Å². The van der Waals surface area contributed by atoms with Crippen LogP contribution in [-0.2, 0) is 24.9 Å². The van der Waals surface area contributed by atoms with Gasteiger partial charge in [0.2, 0.25) is 0 Å². The molecule has 2 aromatic rings. The van der Waals surface area contributed by atoms with Crippen LogP contribution in [0.25, 0.3) is 0 Å². The number of methoxy groups -OCH3 is 1. The van der Waals surface area contributed by atoms with Crippen LogP contribution in [0.3, 0.4) is 0 Å². The molecule has 1 aliphatic heterocycles. The van der Waals surface area contributed by atoms with Gasteiger partial charge in [-0.15, -0.1) is 11.3 Å². The van der Waals surface area contributed by atoms with Crippen molar-refractivity contribution in [2.75, 3.05) is 20.3 Å². The minimum absolute atomic E-state index is 0.414. The van der Waals surface area contributed by atoms with Gasteiger partial charge in [-0.05, 0) is 19.1 Å². The molecule has 0 spiro atoms. The van der Waals surface area contributed by atoms with Crippen molar-refractivity contribution in [2.45, 2.75) is 25.9 Å². The lowest BCUT2D eigenvalue weighted by Gasteiger charge is -2.32. The molecule has 5 heteroatoms. The number of thiophene rings is 1. The lowest BCUT2D eigenvalue weighted by atomic mass is 9.97. The van der Waals surface area contributed by atoms with Crippen LogP contribution in [0, 0.1) is 6.92 Å². The number of aryl methyl sites for hydroxylation is 2. The van der Waals surface area contributed by atoms with Crippen molar-refractivity contribution in [3.63, 3.8) is 0 Å². The second kappa shape index (κ2) is 5.68. The maximum Gasteiger partial charge on any atom is 0.0558 e. The predicted molar refractivity (Wildman–Crippen MR) is 81.0 cm³/mol. The number of hydrogen-bond acceptors (Lipinski definition) is 4. The number of rotatable bonds is 4. The normalized spacial score (nSPS) is 19.2. The average molecular weight is 291 g/mol. The summed E-state index contributed by atoms with van der Waals surface area (Å²) in [5.41, 5.74) is 2.68. The van der Waals surface area contributed by atoms with E-state index in [1.165, 1.54) is 21.0 Å². The summed E-state index contributed by atoms with van der Waals surface area (Å²) >= 11 is 1.89. The van der Waals surface area contributed by atoms with E-state index in [9.17, 15) is 0 Å². The van der Waals surface area contributed by atoms with Crippen LogP contribution in [0.1, 0.15) is 26.9 Å². The van der Waals surface area contributed by atoms with E-state index in [2.05, 4.69) is 29.1 Å². The molecular weight excluding hydrogens is 270 g/mol. The van der Waals surface area contributed by atoms with Crippen molar-refractivity contribution in [1.29, 1.82) is 0 Å². The largest absolute Gasteiger partial charge is 0.384 e. The summed E-state index contributed by atoms with van der Waals surface area (Å²) in [5.74, 6) is 0.414. The first kappa shape index (κ1) is 13.8. The molecule has 0 aromatic carbocycles. The third-order valence-corrected chi connectivity index (χ3v) is 4.85. The van der Waals surface area contributed by atoms with Crippen LogP contribution >= 0.6 is 11.3 Å². The quantitative estimate of drug-likeness (QED) is 0.867. The van der Waals surface area contributed by atoms with Gasteiger partial charge in [-0.2, -0.15) is 5.10 Å². The molecule has 0 unspecified atom stereocenters. The fraction of sp³-hybridized carbons (Fsp3) is 0.533. The first-order chi connectivity index (χ1) is 9.67. The Morgan fingerprint density at radius 2 is 2.30 bits per heavy atom. The van der Waals surface area contributed by atoms with Gasteiger partial charge in [-0.25, -0.2) is 0 Å². The zero-order valence-electron chi connectivity index (χ0n) is 12.3. The summed E-state index contributed by atoms with van der Waals surface area (Å²) in [6.07, 6.45) is 2.00. The minimum atomic E-state index is 0.414. The molecule has 108 valence electrons. The Bertz CT molecular complexity index is 590. The van der Waals surface area contributed by atoms with E-state index in [0.717, 1.165) is 26.2 Å². The van der Waals surface area contributed by atoms with Crippen molar-refractivity contribution >= 4 is 11.3 Å². The molecule has 0 N–H and O–H groups in total. The van der Waals surface area contributed by atoms with Gasteiger partial charge in [-0.3, -0.25) is 9.58 Å². The molecular formula is C15H21N3OS. The number of nitrogens with zero attached hydrogens (tertiary/aromatic N) is 3. The zero-order chi connectivity index (χ0) is 14.1. The molecule has 4 nitrogen and oxygen atoms in total. The Morgan fingerprint density at radius 1 is 1.45 bits per heavy atom. The highest BCUT2D eigenvalue weighted by molar-refractivity contribution is 7.11. The smallest absolute Gasteiger partial charge is 0.0558 e. The Morgan fingerprint density at radius 3 is 3.00 bits per heavy atom. The van der Waals surface area contributed by atoms with E-state index in [4.69, 9.17) is 4.74 Å². The summed E-state index contributed by atoms with van der Waals surface area (Å²) in [5, 5.41) is 4.41. The summed E-state index contributed by atoms with van der Waals surface area (Å²) in [6, 6.07) is 4.44. The predicted octanol–water partition coefficient (Wildman–Crippen LogP) is 2.54. The first-order valence-electron chi connectivity index (χ1n) is 6.94. The molecule has 3 rings (SSSR count). The third-order valence-electron chi connectivity index (χ3n) is 3.87. The van der Waals surface area contributed by atoms with Crippen molar-refractivity contribution in [3.8, 4) is 0 Å². The molecule has 0 fully saturated rings. The highest BCUT2D eigenvalue weighted by Gasteiger charge is 2.28. The van der Waals surface area contributed by atoms with E-state index in [-0.39, 0.29) is 0 Å². The van der Waals surface area contributed by atoms with Crippen LogP contribution < -0.4 is 0 Å². The molecule has 20 heavy (non-hydrogen) atoms. The molecule has 2 aromatic heterocycles. The number of aromatic nitrogens is 2. The Balaban J connectivity index is 1.79. The first-order valence-corrected chi connectivity index (χ1v) is 7.76. The van der Waals surface area contributed by atoms with Crippen molar-refractivity contribution in [1.82, 2.24) is 14.7 Å². The van der Waals surface area contributed by atoms with Crippen LogP contribution in [0.15, 0.2) is 18.3 Å². The number of hydrogen-bond donors (Lipinski definition) is 0. The molecule has 1 aliphatic rings. The van der Waals surface area contributed by atoms with Crippen molar-refractivity contribution in [2.24, 2.45) is 7.05 Å². The zero-order valence-corrected chi connectivity index (χ0v) is 13.1. The van der Waals surface area contributed by atoms with Gasteiger partial charge in [-0.1, -0.05) is 0 Å². The lowest BCUT2D eigenvalue weighted by Crippen LogP contribution is -2.35. The van der Waals surface area contributed by atoms with E-state index in [1.54, 1.807) is 7.11 Å². The topological polar surface area (TPSA) is 30.3 Å². The van der Waals surface area contributed by atoms with Gasteiger partial charge in [0.25, 0.3) is 0 Å². The van der Waals surface area contributed by atoms with Crippen LogP contribution in [0.5, 0.6) is 0 Å². The molecule has 1 atom stereocenters. The van der Waals surface area contributed by atoms with Gasteiger partial charge in [0.05, 0.1) is 12.8 Å². The highest BCUT2D eigenvalue weighted by atomic mass is 32.1. The summed E-state index contributed by atoms with van der Waals surface area (Å²) in [7, 11) is 3.80. The van der Waals surface area contributed by atoms with Crippen molar-refractivity contribution in [3.05, 3.63) is 39.3 Å². The molecule has 0 aliphatic carbocycles. The van der Waals surface area contributed by atoms with Crippen LogP contribution in [0.2, 0.25) is 0 Å². The maximum atomic E-state index is 5.40. The number of fused-ring (bicyclic) bond motifs is 1. The third kappa shape index (κ3) is 2.66. The number of ether oxygens (including phenoxy) is 1. The maximum absolute atomic E-state index is 5.40. The highest BCUT2D eigenvalue weighted by Crippen LogP contribution is 2.29. The Hall–Kier alpha value is -1.17. The fourth-order valence-electron chi connectivity index (χ4n) is 3.09. The van der Waals surface area contributed by atoms with E-state index >= 15 is 0 Å². The van der Waals surface area contributed by atoms with Gasteiger partial charge in [0, 0.05) is 60.7 Å². The van der Waals surface area contributed by atoms with Gasteiger partial charge >= 0.3 is 0 Å². The minimum Gasteiger partial charge on any atom is -0.384 e. The molecule has 0 saturated heterocycles. The summed E-state index contributed by atoms with van der Waals surface area (Å²) < 4.78 is 7.41. The SMILES string of the molecule is COC[C@@H]1CN(Cc2ccc(C)s2)Cc2cnn(C)c21. The fourth-order valence-corrected chi connectivity index (χ4v) is 4.02. The van der Waals surface area contributed by atoms with Crippen LogP contribution in [-0.4, -0.2) is 34.9 Å². The molecule has 0 bridgehead atoms. The van der Waals surface area contributed by atoms with E-state index < -0.39 is 0 Å². The van der Waals surface area contributed by atoms with Gasteiger partial charge in [0.1, 0.15) is 0 Å². The lowest BCUT2D eigenvalue weighted by molar-refractivity contribution is 0.133. The van der Waals surface area contributed by atoms with E-state index in [0.29, 0.717) is 5.92 Å².